The van der Waals surface area contributed by atoms with Crippen molar-refractivity contribution in [2.75, 3.05) is 17.1 Å². The van der Waals surface area contributed by atoms with E-state index in [2.05, 4.69) is 5.32 Å². The Bertz CT molecular complexity index is 936. The predicted octanol–water partition coefficient (Wildman–Crippen LogP) is 3.59. The Balaban J connectivity index is 1.82. The van der Waals surface area contributed by atoms with Crippen LogP contribution in [0.4, 0.5) is 5.69 Å². The highest BCUT2D eigenvalue weighted by Crippen LogP contribution is 2.30. The molecule has 0 fully saturated rings. The van der Waals surface area contributed by atoms with E-state index >= 15 is 0 Å². The van der Waals surface area contributed by atoms with Gasteiger partial charge in [-0.3, -0.25) is 9.10 Å². The minimum absolute atomic E-state index is 0.0540. The molecule has 0 aliphatic carbocycles. The Kier molecular flexibility index (Phi) is 5.56. The lowest BCUT2D eigenvalue weighted by Crippen LogP contribution is -2.35. The molecule has 0 saturated heterocycles. The Morgan fingerprint density at radius 1 is 1.19 bits per heavy atom. The van der Waals surface area contributed by atoms with Gasteiger partial charge in [0.15, 0.2) is 0 Å². The van der Waals surface area contributed by atoms with Crippen molar-refractivity contribution in [1.82, 2.24) is 5.32 Å². The van der Waals surface area contributed by atoms with Crippen LogP contribution in [0.15, 0.2) is 42.5 Å². The Labute approximate surface area is 161 Å². The number of carbonyl (C=O) groups is 1. The molecule has 1 N–H and O–H groups in total. The van der Waals surface area contributed by atoms with Crippen LogP contribution in [0.1, 0.15) is 52.9 Å². The van der Waals surface area contributed by atoms with E-state index in [-0.39, 0.29) is 11.9 Å². The lowest BCUT2D eigenvalue weighted by Gasteiger charge is -2.29. The molecular formula is C21H26N2O3S. The van der Waals surface area contributed by atoms with Crippen molar-refractivity contribution in [3.63, 3.8) is 0 Å². The van der Waals surface area contributed by atoms with E-state index in [0.29, 0.717) is 17.8 Å². The number of hydrogen-bond donors (Lipinski definition) is 1. The highest BCUT2D eigenvalue weighted by molar-refractivity contribution is 7.92. The average molecular weight is 387 g/mol. The largest absolute Gasteiger partial charge is 0.345 e. The zero-order chi connectivity index (χ0) is 19.6. The number of nitrogens with one attached hydrogen (secondary N) is 1. The number of rotatable bonds is 5. The summed E-state index contributed by atoms with van der Waals surface area (Å²) in [6, 6.07) is 13.4. The Hall–Kier alpha value is -2.34. The fourth-order valence-electron chi connectivity index (χ4n) is 3.51. The number of anilines is 1. The maximum atomic E-state index is 12.8. The summed E-state index contributed by atoms with van der Waals surface area (Å²) in [4.78, 5) is 12.8. The molecule has 1 aliphatic heterocycles. The third-order valence-electron chi connectivity index (χ3n) is 5.01. The minimum Gasteiger partial charge on any atom is -0.345 e. The van der Waals surface area contributed by atoms with Crippen molar-refractivity contribution >= 4 is 21.6 Å². The molecule has 2 aromatic carbocycles. The van der Waals surface area contributed by atoms with Gasteiger partial charge in [0.2, 0.25) is 10.0 Å². The number of benzene rings is 2. The van der Waals surface area contributed by atoms with Gasteiger partial charge in [0.25, 0.3) is 5.91 Å². The van der Waals surface area contributed by atoms with Gasteiger partial charge in [-0.15, -0.1) is 0 Å². The normalized spacial score (nSPS) is 15.1. The second kappa shape index (κ2) is 7.72. The summed E-state index contributed by atoms with van der Waals surface area (Å²) in [6.45, 7) is 4.57. The molecule has 0 aromatic heterocycles. The molecule has 0 spiro atoms. The van der Waals surface area contributed by atoms with Crippen LogP contribution < -0.4 is 9.62 Å². The molecule has 0 radical (unpaired) electrons. The molecule has 1 heterocycles. The second-order valence-corrected chi connectivity index (χ2v) is 9.03. The third-order valence-corrected chi connectivity index (χ3v) is 6.19. The van der Waals surface area contributed by atoms with Gasteiger partial charge in [-0.25, -0.2) is 8.42 Å². The fraction of sp³-hybridized carbons (Fsp3) is 0.381. The van der Waals surface area contributed by atoms with E-state index in [1.165, 1.54) is 16.1 Å². The summed E-state index contributed by atoms with van der Waals surface area (Å²) >= 11 is 0. The molecular weight excluding hydrogens is 360 g/mol. The predicted molar refractivity (Wildman–Crippen MR) is 109 cm³/mol. The number of hydrogen-bond acceptors (Lipinski definition) is 3. The van der Waals surface area contributed by atoms with Gasteiger partial charge in [-0.2, -0.15) is 0 Å². The first-order chi connectivity index (χ1) is 12.8. The first-order valence-corrected chi connectivity index (χ1v) is 11.1. The van der Waals surface area contributed by atoms with Crippen molar-refractivity contribution in [3.8, 4) is 0 Å². The van der Waals surface area contributed by atoms with Gasteiger partial charge >= 0.3 is 0 Å². The van der Waals surface area contributed by atoms with E-state index in [9.17, 15) is 13.2 Å². The maximum Gasteiger partial charge on any atom is 0.251 e. The van der Waals surface area contributed by atoms with Crippen molar-refractivity contribution in [3.05, 3.63) is 64.7 Å². The molecule has 5 nitrogen and oxygen atoms in total. The average Bonchev–Trinajstić information content (AvgIpc) is 2.65. The number of aryl methyl sites for hydroxylation is 2. The molecule has 1 aliphatic rings. The van der Waals surface area contributed by atoms with E-state index in [4.69, 9.17) is 0 Å². The number of fused-ring (bicyclic) bond motifs is 1. The number of sulfonamides is 1. The van der Waals surface area contributed by atoms with Gasteiger partial charge in [-0.05, 0) is 55.5 Å². The van der Waals surface area contributed by atoms with Gasteiger partial charge in [0, 0.05) is 12.1 Å². The minimum atomic E-state index is -3.30. The summed E-state index contributed by atoms with van der Waals surface area (Å²) < 4.78 is 25.4. The topological polar surface area (TPSA) is 66.5 Å². The molecule has 144 valence electrons. The van der Waals surface area contributed by atoms with Gasteiger partial charge in [-0.1, -0.05) is 36.8 Å². The lowest BCUT2D eigenvalue weighted by molar-refractivity contribution is 0.0935. The first-order valence-electron chi connectivity index (χ1n) is 9.27. The number of amides is 1. The number of nitrogens with zero attached hydrogens (tertiary/aromatic N) is 1. The SMILES string of the molecule is CC[C@@H](NC(=O)c1ccc2c(c1)CCCN2S(C)(=O)=O)c1ccc(C)cc1. The zero-order valence-corrected chi connectivity index (χ0v) is 16.8. The molecule has 2 aromatic rings. The summed E-state index contributed by atoms with van der Waals surface area (Å²) in [7, 11) is -3.30. The van der Waals surface area contributed by atoms with Crippen molar-refractivity contribution in [2.24, 2.45) is 0 Å². The Morgan fingerprint density at radius 2 is 1.89 bits per heavy atom. The van der Waals surface area contributed by atoms with Crippen LogP contribution in [-0.2, 0) is 16.4 Å². The number of carbonyl (C=O) groups excluding carboxylic acids is 1. The molecule has 0 saturated carbocycles. The first kappa shape index (κ1) is 19.4. The Morgan fingerprint density at radius 3 is 2.52 bits per heavy atom. The van der Waals surface area contributed by atoms with Crippen LogP contribution in [-0.4, -0.2) is 27.1 Å². The van der Waals surface area contributed by atoms with Crippen molar-refractivity contribution in [1.29, 1.82) is 0 Å². The summed E-state index contributed by atoms with van der Waals surface area (Å²) in [5.41, 5.74) is 4.42. The summed E-state index contributed by atoms with van der Waals surface area (Å²) in [5, 5.41) is 3.10. The van der Waals surface area contributed by atoms with Crippen LogP contribution in [0, 0.1) is 6.92 Å². The smallest absolute Gasteiger partial charge is 0.251 e. The molecule has 0 unspecified atom stereocenters. The van der Waals surface area contributed by atoms with E-state index < -0.39 is 10.0 Å². The highest BCUT2D eigenvalue weighted by atomic mass is 32.2. The third kappa shape index (κ3) is 4.33. The van der Waals surface area contributed by atoms with E-state index in [1.54, 1.807) is 12.1 Å². The fourth-order valence-corrected chi connectivity index (χ4v) is 4.51. The van der Waals surface area contributed by atoms with Gasteiger partial charge < -0.3 is 5.32 Å². The summed E-state index contributed by atoms with van der Waals surface area (Å²) in [6.07, 6.45) is 3.54. The monoisotopic (exact) mass is 386 g/mol. The van der Waals surface area contributed by atoms with Crippen molar-refractivity contribution in [2.45, 2.75) is 39.2 Å². The van der Waals surface area contributed by atoms with Crippen LogP contribution in [0.5, 0.6) is 0 Å². The van der Waals surface area contributed by atoms with Crippen LogP contribution >= 0.6 is 0 Å². The standard InChI is InChI=1S/C21H26N2O3S/c1-4-19(16-9-7-15(2)8-10-16)22-21(24)18-11-12-20-17(14-18)6-5-13-23(20)27(3,25)26/h7-12,14,19H,4-6,13H2,1-3H3,(H,22,24)/t19-/m1/s1. The van der Waals surface area contributed by atoms with Crippen LogP contribution in [0.2, 0.25) is 0 Å². The lowest BCUT2D eigenvalue weighted by atomic mass is 9.99. The second-order valence-electron chi connectivity index (χ2n) is 7.13. The van der Waals surface area contributed by atoms with Gasteiger partial charge in [0.1, 0.15) is 0 Å². The van der Waals surface area contributed by atoms with Gasteiger partial charge in [0.05, 0.1) is 18.0 Å². The van der Waals surface area contributed by atoms with Crippen molar-refractivity contribution < 1.29 is 13.2 Å². The molecule has 27 heavy (non-hydrogen) atoms. The quantitative estimate of drug-likeness (QED) is 0.854. The molecule has 0 bridgehead atoms. The highest BCUT2D eigenvalue weighted by Gasteiger charge is 2.25. The zero-order valence-electron chi connectivity index (χ0n) is 16.0. The van der Waals surface area contributed by atoms with Crippen LogP contribution in [0.25, 0.3) is 0 Å². The van der Waals surface area contributed by atoms with E-state index in [1.807, 2.05) is 44.2 Å². The molecule has 1 amide bonds. The maximum absolute atomic E-state index is 12.8. The van der Waals surface area contributed by atoms with Crippen LogP contribution in [0.3, 0.4) is 0 Å². The molecule has 6 heteroatoms. The molecule has 3 rings (SSSR count). The summed E-state index contributed by atoms with van der Waals surface area (Å²) in [5.74, 6) is -0.137. The van der Waals surface area contributed by atoms with E-state index in [0.717, 1.165) is 30.4 Å². The molecule has 1 atom stereocenters.